The number of nitrogens with zero attached hydrogens (tertiary/aromatic N) is 5. The van der Waals surface area contributed by atoms with Crippen molar-refractivity contribution in [2.45, 2.75) is 0 Å². The molecule has 0 N–H and O–H groups in total. The molecule has 0 saturated carbocycles. The highest BCUT2D eigenvalue weighted by molar-refractivity contribution is 6.28. The van der Waals surface area contributed by atoms with Crippen LogP contribution in [0, 0.1) is 11.3 Å². The van der Waals surface area contributed by atoms with Gasteiger partial charge in [-0.15, -0.1) is 0 Å². The summed E-state index contributed by atoms with van der Waals surface area (Å²) in [6, 6.07) is 6.83. The fourth-order valence-corrected chi connectivity index (χ4v) is 1.64. The minimum absolute atomic E-state index is 0.0244. The maximum atomic E-state index is 8.87. The molecule has 0 bridgehead atoms. The van der Waals surface area contributed by atoms with Gasteiger partial charge < -0.3 is 14.4 Å². The summed E-state index contributed by atoms with van der Waals surface area (Å²) >= 11 is 5.84. The maximum absolute atomic E-state index is 8.87. The summed E-state index contributed by atoms with van der Waals surface area (Å²) in [5, 5.41) is 8.89. The Morgan fingerprint density at radius 2 is 1.95 bits per heavy atom. The highest BCUT2D eigenvalue weighted by Crippen LogP contribution is 2.31. The minimum atomic E-state index is 0.0244. The molecule has 1 heterocycles. The Kier molecular flexibility index (Phi) is 4.40. The Morgan fingerprint density at radius 3 is 2.57 bits per heavy atom. The first-order chi connectivity index (χ1) is 10.0. The summed E-state index contributed by atoms with van der Waals surface area (Å²) < 4.78 is 10.7. The Bertz CT molecular complexity index is 699. The van der Waals surface area contributed by atoms with E-state index >= 15 is 0 Å². The van der Waals surface area contributed by atoms with Gasteiger partial charge in [-0.1, -0.05) is 0 Å². The fraction of sp³-hybridized carbons (Fsp3) is 0.231. The number of benzene rings is 1. The van der Waals surface area contributed by atoms with Crippen molar-refractivity contribution < 1.29 is 9.47 Å². The van der Waals surface area contributed by atoms with Crippen LogP contribution < -0.4 is 14.4 Å². The number of hydrogen-bond acceptors (Lipinski definition) is 7. The number of rotatable bonds is 4. The van der Waals surface area contributed by atoms with Crippen LogP contribution in [0.3, 0.4) is 0 Å². The Hall–Kier alpha value is -2.59. The van der Waals surface area contributed by atoms with E-state index in [1.807, 2.05) is 6.07 Å². The third-order valence-corrected chi connectivity index (χ3v) is 2.64. The van der Waals surface area contributed by atoms with Gasteiger partial charge in [-0.3, -0.25) is 0 Å². The first kappa shape index (κ1) is 14.8. The van der Waals surface area contributed by atoms with Crippen molar-refractivity contribution in [1.82, 2.24) is 15.0 Å². The van der Waals surface area contributed by atoms with Gasteiger partial charge in [0.05, 0.1) is 18.7 Å². The second-order valence-electron chi connectivity index (χ2n) is 4.16. The lowest BCUT2D eigenvalue weighted by Crippen LogP contribution is -2.13. The summed E-state index contributed by atoms with van der Waals surface area (Å²) in [7, 11) is 5.03. The molecule has 1 aromatic carbocycles. The van der Waals surface area contributed by atoms with Crippen molar-refractivity contribution in [2.75, 3.05) is 26.1 Å². The predicted molar refractivity (Wildman–Crippen MR) is 76.9 cm³/mol. The topological polar surface area (TPSA) is 84.2 Å². The van der Waals surface area contributed by atoms with Gasteiger partial charge in [0.15, 0.2) is 11.5 Å². The van der Waals surface area contributed by atoms with Gasteiger partial charge in [0, 0.05) is 20.2 Å². The standard InChI is InChI=1S/C13H12ClN5O2/c1-19(2)12-16-11(14)17-13(18-12)21-9-5-4-8(7-15)6-10(9)20-3/h4-6H,1-3H3. The van der Waals surface area contributed by atoms with Crippen molar-refractivity contribution >= 4 is 17.5 Å². The molecule has 1 aromatic heterocycles. The first-order valence-corrected chi connectivity index (χ1v) is 6.26. The molecule has 0 aliphatic carbocycles. The second kappa shape index (κ2) is 6.24. The summed E-state index contributed by atoms with van der Waals surface area (Å²) in [5.41, 5.74) is 0.460. The molecule has 7 nitrogen and oxygen atoms in total. The zero-order valence-corrected chi connectivity index (χ0v) is 12.4. The number of ether oxygens (including phenoxy) is 2. The van der Waals surface area contributed by atoms with E-state index in [0.717, 1.165) is 0 Å². The molecule has 0 radical (unpaired) electrons. The molecule has 21 heavy (non-hydrogen) atoms. The van der Waals surface area contributed by atoms with E-state index in [1.54, 1.807) is 37.2 Å². The smallest absolute Gasteiger partial charge is 0.328 e. The van der Waals surface area contributed by atoms with Gasteiger partial charge >= 0.3 is 6.01 Å². The lowest BCUT2D eigenvalue weighted by atomic mass is 10.2. The van der Waals surface area contributed by atoms with E-state index < -0.39 is 0 Å². The summed E-state index contributed by atoms with van der Waals surface area (Å²) in [5.74, 6) is 1.15. The average molecular weight is 306 g/mol. The summed E-state index contributed by atoms with van der Waals surface area (Å²) in [6.07, 6.45) is 0. The van der Waals surface area contributed by atoms with Crippen LogP contribution in [0.15, 0.2) is 18.2 Å². The minimum Gasteiger partial charge on any atom is -0.493 e. The number of hydrogen-bond donors (Lipinski definition) is 0. The van der Waals surface area contributed by atoms with Crippen molar-refractivity contribution in [3.63, 3.8) is 0 Å². The van der Waals surface area contributed by atoms with Gasteiger partial charge in [-0.2, -0.15) is 20.2 Å². The van der Waals surface area contributed by atoms with Crippen LogP contribution >= 0.6 is 11.6 Å². The van der Waals surface area contributed by atoms with E-state index in [0.29, 0.717) is 23.0 Å². The number of methoxy groups -OCH3 is 1. The van der Waals surface area contributed by atoms with E-state index in [1.165, 1.54) is 7.11 Å². The maximum Gasteiger partial charge on any atom is 0.328 e. The van der Waals surface area contributed by atoms with Gasteiger partial charge in [-0.05, 0) is 23.7 Å². The molecule has 2 aromatic rings. The molecule has 0 aliphatic heterocycles. The van der Waals surface area contributed by atoms with Crippen LogP contribution in [0.25, 0.3) is 0 Å². The number of nitriles is 1. The van der Waals surface area contributed by atoms with Gasteiger partial charge in [-0.25, -0.2) is 0 Å². The SMILES string of the molecule is COc1cc(C#N)ccc1Oc1nc(Cl)nc(N(C)C)n1. The quantitative estimate of drug-likeness (QED) is 0.856. The lowest BCUT2D eigenvalue weighted by molar-refractivity contribution is 0.367. The largest absolute Gasteiger partial charge is 0.493 e. The predicted octanol–water partition coefficient (Wildman–Crippen LogP) is 2.26. The highest BCUT2D eigenvalue weighted by atomic mass is 35.5. The Balaban J connectivity index is 2.36. The van der Waals surface area contributed by atoms with Crippen LogP contribution in [0.2, 0.25) is 5.28 Å². The van der Waals surface area contributed by atoms with E-state index in [4.69, 9.17) is 26.3 Å². The molecule has 8 heteroatoms. The van der Waals surface area contributed by atoms with Crippen molar-refractivity contribution in [2.24, 2.45) is 0 Å². The lowest BCUT2D eigenvalue weighted by Gasteiger charge is -2.12. The van der Waals surface area contributed by atoms with Crippen LogP contribution in [-0.2, 0) is 0 Å². The van der Waals surface area contributed by atoms with Crippen LogP contribution in [-0.4, -0.2) is 36.2 Å². The number of anilines is 1. The molecule has 0 atom stereocenters. The zero-order valence-electron chi connectivity index (χ0n) is 11.7. The van der Waals surface area contributed by atoms with Crippen molar-refractivity contribution in [3.05, 3.63) is 29.0 Å². The van der Waals surface area contributed by atoms with Gasteiger partial charge in [0.1, 0.15) is 0 Å². The number of halogens is 1. The molecule has 0 fully saturated rings. The van der Waals surface area contributed by atoms with Crippen LogP contribution in [0.4, 0.5) is 5.95 Å². The molecular formula is C13H12ClN5O2. The van der Waals surface area contributed by atoms with Crippen molar-refractivity contribution in [1.29, 1.82) is 5.26 Å². The number of aromatic nitrogens is 3. The monoisotopic (exact) mass is 305 g/mol. The second-order valence-corrected chi connectivity index (χ2v) is 4.50. The van der Waals surface area contributed by atoms with Crippen LogP contribution in [0.1, 0.15) is 5.56 Å². The Morgan fingerprint density at radius 1 is 1.19 bits per heavy atom. The first-order valence-electron chi connectivity index (χ1n) is 5.88. The molecule has 108 valence electrons. The fourth-order valence-electron chi connectivity index (χ4n) is 1.49. The third kappa shape index (κ3) is 3.49. The third-order valence-electron chi connectivity index (χ3n) is 2.47. The summed E-state index contributed by atoms with van der Waals surface area (Å²) in [6.45, 7) is 0. The molecule has 0 aliphatic rings. The molecule has 0 amide bonds. The molecule has 0 saturated heterocycles. The van der Waals surface area contributed by atoms with E-state index in [-0.39, 0.29) is 11.3 Å². The molecule has 0 spiro atoms. The molecule has 2 rings (SSSR count). The summed E-state index contributed by atoms with van der Waals surface area (Å²) in [4.78, 5) is 13.7. The highest BCUT2D eigenvalue weighted by Gasteiger charge is 2.12. The molecular weight excluding hydrogens is 294 g/mol. The zero-order chi connectivity index (χ0) is 15.4. The van der Waals surface area contributed by atoms with Gasteiger partial charge in [0.25, 0.3) is 0 Å². The van der Waals surface area contributed by atoms with Crippen LogP contribution in [0.5, 0.6) is 17.5 Å². The van der Waals surface area contributed by atoms with E-state index in [2.05, 4.69) is 15.0 Å². The van der Waals surface area contributed by atoms with E-state index in [9.17, 15) is 0 Å². The van der Waals surface area contributed by atoms with Crippen molar-refractivity contribution in [3.8, 4) is 23.6 Å². The van der Waals surface area contributed by atoms with Gasteiger partial charge in [0.2, 0.25) is 11.2 Å². The normalized spacial score (nSPS) is 9.86. The molecule has 0 unspecified atom stereocenters. The Labute approximate surface area is 126 Å². The average Bonchev–Trinajstić information content (AvgIpc) is 2.47.